The Morgan fingerprint density at radius 2 is 1.94 bits per heavy atom. The SMILES string of the molecule is [C-]#[N+]C1=CC2(C)C3=CC(=O)C(C#N)=C(C#CCN4CCCC4)C3CCC2C(C)(C)C1=O. The van der Waals surface area contributed by atoms with Gasteiger partial charge < -0.3 is 4.79 Å². The fourth-order valence-electron chi connectivity index (χ4n) is 6.11. The molecule has 0 aromatic heterocycles. The van der Waals surface area contributed by atoms with Crippen LogP contribution in [-0.2, 0) is 9.59 Å². The summed E-state index contributed by atoms with van der Waals surface area (Å²) in [5.41, 5.74) is 0.550. The van der Waals surface area contributed by atoms with Gasteiger partial charge in [0.05, 0.1) is 13.1 Å². The van der Waals surface area contributed by atoms with Gasteiger partial charge in [-0.05, 0) is 56.3 Å². The van der Waals surface area contributed by atoms with Crippen LogP contribution in [0, 0.1) is 52.4 Å². The fraction of sp³-hybridized carbons (Fsp3) is 0.538. The summed E-state index contributed by atoms with van der Waals surface area (Å²) in [7, 11) is 0. The molecule has 2 fully saturated rings. The van der Waals surface area contributed by atoms with E-state index in [1.165, 1.54) is 12.8 Å². The second kappa shape index (κ2) is 7.64. The molecule has 31 heavy (non-hydrogen) atoms. The second-order valence-electron chi connectivity index (χ2n) is 9.81. The van der Waals surface area contributed by atoms with Crippen molar-refractivity contribution in [3.05, 3.63) is 46.0 Å². The van der Waals surface area contributed by atoms with Gasteiger partial charge in [0.15, 0.2) is 11.6 Å². The van der Waals surface area contributed by atoms with Gasteiger partial charge in [0, 0.05) is 22.3 Å². The summed E-state index contributed by atoms with van der Waals surface area (Å²) in [5, 5.41) is 9.70. The van der Waals surface area contributed by atoms with Crippen molar-refractivity contribution < 1.29 is 9.59 Å². The van der Waals surface area contributed by atoms with Crippen molar-refractivity contribution in [3.8, 4) is 17.9 Å². The topological polar surface area (TPSA) is 65.5 Å². The van der Waals surface area contributed by atoms with Gasteiger partial charge in [-0.2, -0.15) is 5.26 Å². The van der Waals surface area contributed by atoms with Crippen LogP contribution in [0.5, 0.6) is 0 Å². The molecule has 0 spiro atoms. The van der Waals surface area contributed by atoms with Crippen LogP contribution in [0.4, 0.5) is 0 Å². The Hall–Kier alpha value is -2.94. The number of nitrogens with zero attached hydrogens (tertiary/aromatic N) is 3. The average molecular weight is 414 g/mol. The molecule has 0 radical (unpaired) electrons. The highest BCUT2D eigenvalue weighted by Gasteiger charge is 2.56. The van der Waals surface area contributed by atoms with Gasteiger partial charge in [0.1, 0.15) is 11.6 Å². The summed E-state index contributed by atoms with van der Waals surface area (Å²) in [6, 6.07) is 2.09. The highest BCUT2D eigenvalue weighted by atomic mass is 16.1. The van der Waals surface area contributed by atoms with Crippen molar-refractivity contribution in [3.63, 3.8) is 0 Å². The zero-order valence-corrected chi connectivity index (χ0v) is 18.4. The number of hydrogen-bond donors (Lipinski definition) is 0. The summed E-state index contributed by atoms with van der Waals surface area (Å²) in [6.45, 7) is 16.1. The molecule has 1 heterocycles. The van der Waals surface area contributed by atoms with E-state index >= 15 is 0 Å². The van der Waals surface area contributed by atoms with Crippen LogP contribution in [-0.4, -0.2) is 36.1 Å². The lowest BCUT2D eigenvalue weighted by molar-refractivity contribution is -0.129. The molecule has 4 aliphatic rings. The molecule has 0 amide bonds. The molecule has 1 aliphatic heterocycles. The Bertz CT molecular complexity index is 1090. The molecule has 4 rings (SSSR count). The summed E-state index contributed by atoms with van der Waals surface area (Å²) in [5.74, 6) is 5.86. The molecular formula is C26H27N3O2. The maximum Gasteiger partial charge on any atom is 0.226 e. The van der Waals surface area contributed by atoms with Gasteiger partial charge in [-0.1, -0.05) is 38.7 Å². The van der Waals surface area contributed by atoms with Crippen molar-refractivity contribution in [1.82, 2.24) is 4.90 Å². The van der Waals surface area contributed by atoms with Gasteiger partial charge in [0.25, 0.3) is 0 Å². The number of carbonyl (C=O) groups is 2. The molecule has 0 aromatic rings. The van der Waals surface area contributed by atoms with Gasteiger partial charge in [-0.3, -0.25) is 9.69 Å². The number of hydrogen-bond acceptors (Lipinski definition) is 4. The maximum absolute atomic E-state index is 12.9. The van der Waals surface area contributed by atoms with Crippen molar-refractivity contribution in [2.45, 2.75) is 46.5 Å². The van der Waals surface area contributed by atoms with Gasteiger partial charge in [0.2, 0.25) is 5.70 Å². The summed E-state index contributed by atoms with van der Waals surface area (Å²) < 4.78 is 0. The van der Waals surface area contributed by atoms with E-state index in [9.17, 15) is 14.9 Å². The summed E-state index contributed by atoms with van der Waals surface area (Å²) >= 11 is 0. The van der Waals surface area contributed by atoms with Crippen molar-refractivity contribution in [2.75, 3.05) is 19.6 Å². The van der Waals surface area contributed by atoms with Crippen molar-refractivity contribution in [1.29, 1.82) is 5.26 Å². The van der Waals surface area contributed by atoms with Crippen LogP contribution in [0.3, 0.4) is 0 Å². The Labute approximate surface area is 184 Å². The number of allylic oxidation sites excluding steroid dienone is 6. The zero-order valence-electron chi connectivity index (χ0n) is 18.4. The molecule has 3 atom stereocenters. The molecule has 5 heteroatoms. The van der Waals surface area contributed by atoms with Crippen molar-refractivity contribution >= 4 is 11.6 Å². The van der Waals surface area contributed by atoms with E-state index in [4.69, 9.17) is 6.57 Å². The lowest BCUT2D eigenvalue weighted by Gasteiger charge is -2.54. The lowest BCUT2D eigenvalue weighted by Crippen LogP contribution is -2.51. The maximum atomic E-state index is 12.9. The Kier molecular flexibility index (Phi) is 5.25. The number of likely N-dealkylation sites (tertiary alicyclic amines) is 1. The Morgan fingerprint density at radius 3 is 2.58 bits per heavy atom. The standard InChI is InChI=1S/C26H27N3O2/c1-25(2)23-10-9-18-17(8-7-13-29-11-5-6-12-29)19(16-27)22(30)14-20(18)26(23,3)15-21(28-4)24(25)31/h14-15,18,23H,5-6,9-13H2,1-3H3. The van der Waals surface area contributed by atoms with Crippen LogP contribution in [0.15, 0.2) is 34.6 Å². The van der Waals surface area contributed by atoms with E-state index in [1.807, 2.05) is 20.8 Å². The predicted octanol–water partition coefficient (Wildman–Crippen LogP) is 3.86. The number of nitriles is 1. The summed E-state index contributed by atoms with van der Waals surface area (Å²) in [4.78, 5) is 31.6. The Balaban J connectivity index is 1.77. The van der Waals surface area contributed by atoms with Crippen molar-refractivity contribution in [2.24, 2.45) is 22.7 Å². The molecule has 3 unspecified atom stereocenters. The number of ketones is 2. The van der Waals surface area contributed by atoms with Gasteiger partial charge in [-0.15, -0.1) is 0 Å². The average Bonchev–Trinajstić information content (AvgIpc) is 3.25. The number of rotatable bonds is 1. The molecule has 3 aliphatic carbocycles. The molecular weight excluding hydrogens is 386 g/mol. The molecule has 5 nitrogen and oxygen atoms in total. The number of fused-ring (bicyclic) bond motifs is 3. The smallest absolute Gasteiger partial charge is 0.226 e. The normalized spacial score (nSPS) is 32.0. The molecule has 1 saturated carbocycles. The predicted molar refractivity (Wildman–Crippen MR) is 117 cm³/mol. The van der Waals surface area contributed by atoms with E-state index in [2.05, 4.69) is 27.7 Å². The zero-order chi connectivity index (χ0) is 22.4. The highest BCUT2D eigenvalue weighted by Crippen LogP contribution is 2.60. The molecule has 0 aromatic carbocycles. The first-order valence-corrected chi connectivity index (χ1v) is 11.0. The first kappa shape index (κ1) is 21.3. The minimum absolute atomic E-state index is 0.00394. The fourth-order valence-corrected chi connectivity index (χ4v) is 6.11. The van der Waals surface area contributed by atoms with E-state index in [0.29, 0.717) is 12.1 Å². The quantitative estimate of drug-likeness (QED) is 0.484. The van der Waals surface area contributed by atoms with E-state index in [1.54, 1.807) is 12.2 Å². The van der Waals surface area contributed by atoms with Crippen LogP contribution in [0.25, 0.3) is 4.85 Å². The van der Waals surface area contributed by atoms with E-state index in [-0.39, 0.29) is 34.7 Å². The molecule has 0 bridgehead atoms. The number of Topliss-reactive ketones (excluding diaryl/α,β-unsaturated/α-hetero) is 1. The largest absolute Gasteiger partial charge is 0.307 e. The summed E-state index contributed by atoms with van der Waals surface area (Å²) in [6.07, 6.45) is 7.26. The monoisotopic (exact) mass is 413 g/mol. The first-order valence-electron chi connectivity index (χ1n) is 11.0. The van der Waals surface area contributed by atoms with E-state index < -0.39 is 10.8 Å². The minimum atomic E-state index is -0.681. The van der Waals surface area contributed by atoms with E-state index in [0.717, 1.165) is 31.5 Å². The van der Waals surface area contributed by atoms with Crippen LogP contribution in [0.1, 0.15) is 46.5 Å². The third-order valence-corrected chi connectivity index (χ3v) is 7.70. The highest BCUT2D eigenvalue weighted by molar-refractivity contribution is 6.10. The third kappa shape index (κ3) is 3.27. The third-order valence-electron chi connectivity index (χ3n) is 7.70. The lowest BCUT2D eigenvalue weighted by atomic mass is 9.48. The molecule has 1 saturated heterocycles. The molecule has 0 N–H and O–H groups in total. The van der Waals surface area contributed by atoms with Gasteiger partial charge in [-0.25, -0.2) is 4.85 Å². The van der Waals surface area contributed by atoms with Gasteiger partial charge >= 0.3 is 0 Å². The first-order chi connectivity index (χ1) is 14.7. The van der Waals surface area contributed by atoms with Crippen LogP contribution < -0.4 is 0 Å². The Morgan fingerprint density at radius 1 is 1.23 bits per heavy atom. The number of carbonyl (C=O) groups excluding carboxylic acids is 2. The molecule has 158 valence electrons. The second-order valence-corrected chi connectivity index (χ2v) is 9.81. The minimum Gasteiger partial charge on any atom is -0.307 e. The van der Waals surface area contributed by atoms with Crippen LogP contribution in [0.2, 0.25) is 0 Å². The van der Waals surface area contributed by atoms with Crippen LogP contribution >= 0.6 is 0 Å².